The zero-order chi connectivity index (χ0) is 19.2. The monoisotopic (exact) mass is 360 g/mol. The van der Waals surface area contributed by atoms with Gasteiger partial charge in [-0.15, -0.1) is 0 Å². The lowest BCUT2D eigenvalue weighted by atomic mass is 10.1. The molecule has 6 nitrogen and oxygen atoms in total. The Balaban J connectivity index is 1.82. The van der Waals surface area contributed by atoms with Crippen molar-refractivity contribution in [2.45, 2.75) is 13.0 Å². The Morgan fingerprint density at radius 1 is 1.33 bits per heavy atom. The molecule has 0 saturated carbocycles. The SMILES string of the molecule is COc1ccc(N(C)C(=O)C=Cc2cn(CCC#N)c3ccccc23)cn1. The van der Waals surface area contributed by atoms with Crippen molar-refractivity contribution in [2.75, 3.05) is 19.1 Å². The van der Waals surface area contributed by atoms with Crippen molar-refractivity contribution < 1.29 is 9.53 Å². The molecule has 0 saturated heterocycles. The van der Waals surface area contributed by atoms with Gasteiger partial charge in [-0.25, -0.2) is 4.98 Å². The third kappa shape index (κ3) is 3.98. The summed E-state index contributed by atoms with van der Waals surface area (Å²) < 4.78 is 7.08. The summed E-state index contributed by atoms with van der Waals surface area (Å²) in [7, 11) is 3.25. The van der Waals surface area contributed by atoms with E-state index in [1.54, 1.807) is 44.6 Å². The van der Waals surface area contributed by atoms with Crippen LogP contribution in [-0.2, 0) is 11.3 Å². The van der Waals surface area contributed by atoms with Gasteiger partial charge in [0.2, 0.25) is 5.88 Å². The van der Waals surface area contributed by atoms with Crippen molar-refractivity contribution >= 4 is 28.6 Å². The number of aryl methyl sites for hydroxylation is 1. The van der Waals surface area contributed by atoms with Crippen LogP contribution in [0.15, 0.2) is 54.9 Å². The number of para-hydroxylation sites is 1. The first-order valence-corrected chi connectivity index (χ1v) is 8.54. The maximum Gasteiger partial charge on any atom is 0.250 e. The molecule has 2 heterocycles. The number of pyridine rings is 1. The molecule has 27 heavy (non-hydrogen) atoms. The minimum Gasteiger partial charge on any atom is -0.481 e. The molecule has 0 bridgehead atoms. The number of amides is 1. The van der Waals surface area contributed by atoms with Gasteiger partial charge in [-0.05, 0) is 18.2 Å². The van der Waals surface area contributed by atoms with Crippen LogP contribution in [0.1, 0.15) is 12.0 Å². The zero-order valence-corrected chi connectivity index (χ0v) is 15.3. The second kappa shape index (κ2) is 8.19. The van der Waals surface area contributed by atoms with Crippen molar-refractivity contribution in [3.63, 3.8) is 0 Å². The summed E-state index contributed by atoms with van der Waals surface area (Å²) in [5.74, 6) is 0.344. The Labute approximate surface area is 157 Å². The first-order chi connectivity index (χ1) is 13.1. The third-order valence-electron chi connectivity index (χ3n) is 4.34. The minimum absolute atomic E-state index is 0.157. The molecule has 0 unspecified atom stereocenters. The molecule has 3 aromatic rings. The van der Waals surface area contributed by atoms with E-state index >= 15 is 0 Å². The van der Waals surface area contributed by atoms with Crippen molar-refractivity contribution in [3.05, 3.63) is 60.4 Å². The minimum atomic E-state index is -0.157. The van der Waals surface area contributed by atoms with Crippen LogP contribution in [-0.4, -0.2) is 29.6 Å². The summed E-state index contributed by atoms with van der Waals surface area (Å²) in [5, 5.41) is 9.89. The number of methoxy groups -OCH3 is 1. The number of nitrogens with zero attached hydrogens (tertiary/aromatic N) is 4. The fourth-order valence-electron chi connectivity index (χ4n) is 2.86. The van der Waals surface area contributed by atoms with Gasteiger partial charge in [-0.1, -0.05) is 18.2 Å². The van der Waals surface area contributed by atoms with E-state index in [1.165, 1.54) is 4.90 Å². The molecule has 0 aliphatic carbocycles. The highest BCUT2D eigenvalue weighted by Gasteiger charge is 2.10. The van der Waals surface area contributed by atoms with E-state index in [0.717, 1.165) is 16.5 Å². The van der Waals surface area contributed by atoms with Gasteiger partial charge < -0.3 is 14.2 Å². The van der Waals surface area contributed by atoms with Crippen molar-refractivity contribution in [2.24, 2.45) is 0 Å². The van der Waals surface area contributed by atoms with Crippen LogP contribution in [0.25, 0.3) is 17.0 Å². The predicted molar refractivity (Wildman–Crippen MR) is 105 cm³/mol. The fraction of sp³-hybridized carbons (Fsp3) is 0.190. The molecule has 6 heteroatoms. The Hall–Kier alpha value is -3.59. The maximum absolute atomic E-state index is 12.5. The second-order valence-corrected chi connectivity index (χ2v) is 5.99. The Morgan fingerprint density at radius 3 is 2.85 bits per heavy atom. The molecule has 0 atom stereocenters. The van der Waals surface area contributed by atoms with E-state index < -0.39 is 0 Å². The summed E-state index contributed by atoms with van der Waals surface area (Å²) >= 11 is 0. The van der Waals surface area contributed by atoms with Gasteiger partial charge >= 0.3 is 0 Å². The average molecular weight is 360 g/mol. The number of hydrogen-bond donors (Lipinski definition) is 0. The molecule has 0 N–H and O–H groups in total. The van der Waals surface area contributed by atoms with Crippen LogP contribution >= 0.6 is 0 Å². The predicted octanol–water partition coefficient (Wildman–Crippen LogP) is 3.63. The zero-order valence-electron chi connectivity index (χ0n) is 15.3. The lowest BCUT2D eigenvalue weighted by Crippen LogP contribution is -2.24. The molecule has 136 valence electrons. The van der Waals surface area contributed by atoms with E-state index in [1.807, 2.05) is 35.0 Å². The van der Waals surface area contributed by atoms with Crippen molar-refractivity contribution in [1.29, 1.82) is 5.26 Å². The highest BCUT2D eigenvalue weighted by atomic mass is 16.5. The molecular weight excluding hydrogens is 340 g/mol. The molecule has 1 aromatic carbocycles. The highest BCUT2D eigenvalue weighted by molar-refractivity contribution is 6.04. The van der Waals surface area contributed by atoms with E-state index in [2.05, 4.69) is 11.1 Å². The van der Waals surface area contributed by atoms with Gasteiger partial charge in [-0.2, -0.15) is 5.26 Å². The van der Waals surface area contributed by atoms with Crippen LogP contribution in [0.4, 0.5) is 5.69 Å². The molecular formula is C21H20N4O2. The van der Waals surface area contributed by atoms with Crippen LogP contribution in [0.2, 0.25) is 0 Å². The quantitative estimate of drug-likeness (QED) is 0.629. The highest BCUT2D eigenvalue weighted by Crippen LogP contribution is 2.23. The van der Waals surface area contributed by atoms with Gasteiger partial charge in [0.25, 0.3) is 5.91 Å². The van der Waals surface area contributed by atoms with Gasteiger partial charge in [0, 0.05) is 48.4 Å². The number of nitriles is 1. The average Bonchev–Trinajstić information content (AvgIpc) is 3.07. The van der Waals surface area contributed by atoms with Gasteiger partial charge in [0.05, 0.1) is 31.5 Å². The Kier molecular flexibility index (Phi) is 5.53. The lowest BCUT2D eigenvalue weighted by Gasteiger charge is -2.14. The normalized spacial score (nSPS) is 10.9. The number of carbonyl (C=O) groups is 1. The molecule has 0 spiro atoms. The molecule has 0 radical (unpaired) electrons. The lowest BCUT2D eigenvalue weighted by molar-refractivity contribution is -0.113. The van der Waals surface area contributed by atoms with Gasteiger partial charge in [-0.3, -0.25) is 4.79 Å². The number of anilines is 1. The molecule has 0 aliphatic heterocycles. The van der Waals surface area contributed by atoms with Crippen molar-refractivity contribution in [1.82, 2.24) is 9.55 Å². The summed E-state index contributed by atoms with van der Waals surface area (Å²) in [6, 6.07) is 13.6. The topological polar surface area (TPSA) is 71.2 Å². The summed E-state index contributed by atoms with van der Waals surface area (Å²) in [6.07, 6.45) is 7.36. The number of fused-ring (bicyclic) bond motifs is 1. The number of benzene rings is 1. The summed E-state index contributed by atoms with van der Waals surface area (Å²) in [4.78, 5) is 18.2. The van der Waals surface area contributed by atoms with Crippen LogP contribution < -0.4 is 9.64 Å². The molecule has 0 fully saturated rings. The first-order valence-electron chi connectivity index (χ1n) is 8.54. The first kappa shape index (κ1) is 18.2. The number of aromatic nitrogens is 2. The third-order valence-corrected chi connectivity index (χ3v) is 4.34. The smallest absolute Gasteiger partial charge is 0.250 e. The Morgan fingerprint density at radius 2 is 2.15 bits per heavy atom. The standard InChI is InChI=1S/C21H20N4O2/c1-24(17-9-10-20(27-2)23-14-17)21(26)11-8-16-15-25(13-5-12-22)19-7-4-3-6-18(16)19/h3-4,6-11,14-15H,5,13H2,1-2H3. The van der Waals surface area contributed by atoms with E-state index in [4.69, 9.17) is 10.00 Å². The number of carbonyl (C=O) groups excluding carboxylic acids is 1. The summed E-state index contributed by atoms with van der Waals surface area (Å²) in [5.41, 5.74) is 2.67. The van der Waals surface area contributed by atoms with Crippen molar-refractivity contribution in [3.8, 4) is 11.9 Å². The second-order valence-electron chi connectivity index (χ2n) is 5.99. The van der Waals surface area contributed by atoms with E-state index in [-0.39, 0.29) is 5.91 Å². The van der Waals surface area contributed by atoms with Gasteiger partial charge in [0.1, 0.15) is 0 Å². The number of rotatable bonds is 6. The number of ether oxygens (including phenoxy) is 1. The molecule has 3 rings (SSSR count). The van der Waals surface area contributed by atoms with E-state index in [9.17, 15) is 4.79 Å². The van der Waals surface area contributed by atoms with Crippen LogP contribution in [0, 0.1) is 11.3 Å². The van der Waals surface area contributed by atoms with Gasteiger partial charge in [0.15, 0.2) is 0 Å². The molecule has 2 aromatic heterocycles. The number of likely N-dealkylation sites (N-methyl/N-ethyl adjacent to an activating group) is 1. The largest absolute Gasteiger partial charge is 0.481 e. The Bertz CT molecular complexity index is 1010. The molecule has 1 amide bonds. The number of hydrogen-bond acceptors (Lipinski definition) is 4. The van der Waals surface area contributed by atoms with Crippen LogP contribution in [0.3, 0.4) is 0 Å². The fourth-order valence-corrected chi connectivity index (χ4v) is 2.86. The summed E-state index contributed by atoms with van der Waals surface area (Å²) in [6.45, 7) is 0.621. The van der Waals surface area contributed by atoms with E-state index in [0.29, 0.717) is 24.5 Å². The molecule has 0 aliphatic rings. The maximum atomic E-state index is 12.5. The van der Waals surface area contributed by atoms with Crippen LogP contribution in [0.5, 0.6) is 5.88 Å².